The van der Waals surface area contributed by atoms with E-state index >= 15 is 0 Å². The number of aryl methyl sites for hydroxylation is 1. The lowest BCUT2D eigenvalue weighted by atomic mass is 9.72. The highest BCUT2D eigenvalue weighted by molar-refractivity contribution is 5.98. The lowest BCUT2D eigenvalue weighted by Gasteiger charge is -2.30. The van der Waals surface area contributed by atoms with Gasteiger partial charge in [0.25, 0.3) is 0 Å². The summed E-state index contributed by atoms with van der Waals surface area (Å²) in [7, 11) is 0. The zero-order chi connectivity index (χ0) is 15.6. The van der Waals surface area contributed by atoms with E-state index in [1.54, 1.807) is 0 Å². The van der Waals surface area contributed by atoms with Crippen molar-refractivity contribution in [1.29, 1.82) is 0 Å². The molecule has 22 heavy (non-hydrogen) atoms. The Bertz CT molecular complexity index is 717. The van der Waals surface area contributed by atoms with Gasteiger partial charge in [-0.25, -0.2) is 0 Å². The standard InChI is InChI=1S/C19H22O3/c1-10-7-14-18(16(10)13-6-5-11(2)21-13)17-12(20)8-19(3,4)9-15(17)22-14/h5-7,14,16,18H,8-9H2,1-4H3/t14-,16+,18-/m1/s1. The SMILES string of the molecule is CC1=C[C@H]2OC3=C(C(=O)CC(C)(C)C3)[C@H]2[C@@H]1c1ccc(C)o1. The van der Waals surface area contributed by atoms with Crippen molar-refractivity contribution in [3.05, 3.63) is 46.6 Å². The number of hydrogen-bond acceptors (Lipinski definition) is 3. The van der Waals surface area contributed by atoms with Crippen LogP contribution >= 0.6 is 0 Å². The molecule has 2 aliphatic carbocycles. The van der Waals surface area contributed by atoms with Gasteiger partial charge in [-0.1, -0.05) is 19.4 Å². The van der Waals surface area contributed by atoms with Crippen molar-refractivity contribution in [1.82, 2.24) is 0 Å². The molecule has 0 fully saturated rings. The van der Waals surface area contributed by atoms with Crippen LogP contribution in [0, 0.1) is 18.3 Å². The van der Waals surface area contributed by atoms with Crippen LogP contribution in [0.3, 0.4) is 0 Å². The summed E-state index contributed by atoms with van der Waals surface area (Å²) >= 11 is 0. The maximum absolute atomic E-state index is 12.7. The molecule has 0 saturated heterocycles. The number of carbonyl (C=O) groups excluding carboxylic acids is 1. The Balaban J connectivity index is 1.76. The molecule has 3 heteroatoms. The number of carbonyl (C=O) groups is 1. The van der Waals surface area contributed by atoms with Crippen LogP contribution in [0.5, 0.6) is 0 Å². The van der Waals surface area contributed by atoms with E-state index in [1.807, 2.05) is 19.1 Å². The van der Waals surface area contributed by atoms with Crippen LogP contribution in [0.1, 0.15) is 51.1 Å². The number of allylic oxidation sites excluding steroid dienone is 2. The summed E-state index contributed by atoms with van der Waals surface area (Å²) in [6, 6.07) is 4.03. The maximum Gasteiger partial charge on any atom is 0.163 e. The van der Waals surface area contributed by atoms with E-state index in [0.29, 0.717) is 6.42 Å². The largest absolute Gasteiger partial charge is 0.490 e. The minimum absolute atomic E-state index is 0.00161. The van der Waals surface area contributed by atoms with Gasteiger partial charge < -0.3 is 9.15 Å². The summed E-state index contributed by atoms with van der Waals surface area (Å²) in [6.45, 7) is 8.35. The first-order chi connectivity index (χ1) is 10.4. The molecule has 0 unspecified atom stereocenters. The highest BCUT2D eigenvalue weighted by atomic mass is 16.5. The van der Waals surface area contributed by atoms with Gasteiger partial charge in [0.15, 0.2) is 5.78 Å². The topological polar surface area (TPSA) is 39.4 Å². The minimum Gasteiger partial charge on any atom is -0.490 e. The summed E-state index contributed by atoms with van der Waals surface area (Å²) in [4.78, 5) is 12.7. The van der Waals surface area contributed by atoms with Gasteiger partial charge in [-0.15, -0.1) is 0 Å². The summed E-state index contributed by atoms with van der Waals surface area (Å²) in [5.74, 6) is 3.29. The lowest BCUT2D eigenvalue weighted by Crippen LogP contribution is -2.28. The minimum atomic E-state index is -0.00161. The summed E-state index contributed by atoms with van der Waals surface area (Å²) < 4.78 is 12.0. The van der Waals surface area contributed by atoms with Gasteiger partial charge in [0.1, 0.15) is 23.4 Å². The molecule has 0 saturated carbocycles. The van der Waals surface area contributed by atoms with Crippen molar-refractivity contribution in [2.24, 2.45) is 11.3 Å². The Labute approximate surface area is 131 Å². The quantitative estimate of drug-likeness (QED) is 0.726. The Hall–Kier alpha value is -1.77. The molecule has 1 aliphatic heterocycles. The van der Waals surface area contributed by atoms with E-state index in [-0.39, 0.29) is 29.1 Å². The fourth-order valence-corrected chi connectivity index (χ4v) is 4.32. The van der Waals surface area contributed by atoms with Gasteiger partial charge in [-0.05, 0) is 37.5 Å². The van der Waals surface area contributed by atoms with Gasteiger partial charge in [-0.3, -0.25) is 4.79 Å². The first-order valence-electron chi connectivity index (χ1n) is 8.03. The Kier molecular flexibility index (Phi) is 2.76. The van der Waals surface area contributed by atoms with E-state index in [9.17, 15) is 4.79 Å². The number of ether oxygens (including phenoxy) is 1. The van der Waals surface area contributed by atoms with Crippen LogP contribution in [0.2, 0.25) is 0 Å². The molecular formula is C19H22O3. The number of rotatable bonds is 1. The van der Waals surface area contributed by atoms with Crippen molar-refractivity contribution in [3.63, 3.8) is 0 Å². The van der Waals surface area contributed by atoms with Crippen LogP contribution in [0.15, 0.2) is 39.5 Å². The van der Waals surface area contributed by atoms with Crippen molar-refractivity contribution in [2.75, 3.05) is 0 Å². The first kappa shape index (κ1) is 13.9. The second kappa shape index (κ2) is 4.37. The van der Waals surface area contributed by atoms with Crippen molar-refractivity contribution in [3.8, 4) is 0 Å². The number of Topliss-reactive ketones (excluding diaryl/α,β-unsaturated/α-hetero) is 1. The summed E-state index contributed by atoms with van der Waals surface area (Å²) in [6.07, 6.45) is 3.64. The second-order valence-electron chi connectivity index (χ2n) is 7.72. The predicted molar refractivity (Wildman–Crippen MR) is 83.4 cm³/mol. The molecule has 4 rings (SSSR count). The number of hydrogen-bond donors (Lipinski definition) is 0. The summed E-state index contributed by atoms with van der Waals surface area (Å²) in [5, 5.41) is 0. The van der Waals surface area contributed by atoms with Crippen LogP contribution in [-0.2, 0) is 9.53 Å². The number of furan rings is 1. The van der Waals surface area contributed by atoms with E-state index in [4.69, 9.17) is 9.15 Å². The molecule has 2 heterocycles. The molecule has 3 atom stereocenters. The van der Waals surface area contributed by atoms with Crippen LogP contribution in [0.25, 0.3) is 0 Å². The third-order valence-electron chi connectivity index (χ3n) is 5.19. The first-order valence-corrected chi connectivity index (χ1v) is 8.03. The zero-order valence-electron chi connectivity index (χ0n) is 13.6. The lowest BCUT2D eigenvalue weighted by molar-refractivity contribution is -0.118. The molecule has 3 aliphatic rings. The highest BCUT2D eigenvalue weighted by Gasteiger charge is 2.52. The van der Waals surface area contributed by atoms with E-state index in [2.05, 4.69) is 26.8 Å². The second-order valence-corrected chi connectivity index (χ2v) is 7.72. The van der Waals surface area contributed by atoms with Gasteiger partial charge in [0, 0.05) is 30.3 Å². The molecule has 1 aromatic rings. The zero-order valence-corrected chi connectivity index (χ0v) is 13.6. The van der Waals surface area contributed by atoms with E-state index in [0.717, 1.165) is 29.3 Å². The van der Waals surface area contributed by atoms with Gasteiger partial charge in [0.2, 0.25) is 0 Å². The van der Waals surface area contributed by atoms with Crippen LogP contribution < -0.4 is 0 Å². The number of fused-ring (bicyclic) bond motifs is 2. The molecular weight excluding hydrogens is 276 g/mol. The molecule has 116 valence electrons. The van der Waals surface area contributed by atoms with E-state index < -0.39 is 0 Å². The van der Waals surface area contributed by atoms with Crippen LogP contribution in [-0.4, -0.2) is 11.9 Å². The highest BCUT2D eigenvalue weighted by Crippen LogP contribution is 2.54. The maximum atomic E-state index is 12.7. The molecule has 1 aromatic heterocycles. The third kappa shape index (κ3) is 1.91. The van der Waals surface area contributed by atoms with Gasteiger partial charge in [0.05, 0.1) is 0 Å². The van der Waals surface area contributed by atoms with Gasteiger partial charge in [-0.2, -0.15) is 0 Å². The van der Waals surface area contributed by atoms with Crippen molar-refractivity contribution < 1.29 is 13.9 Å². The number of ketones is 1. The molecule has 0 N–H and O–H groups in total. The van der Waals surface area contributed by atoms with Crippen molar-refractivity contribution in [2.45, 2.75) is 52.6 Å². The Morgan fingerprint density at radius 1 is 1.18 bits per heavy atom. The Morgan fingerprint density at radius 2 is 1.95 bits per heavy atom. The van der Waals surface area contributed by atoms with Crippen LogP contribution in [0.4, 0.5) is 0 Å². The predicted octanol–water partition coefficient (Wildman–Crippen LogP) is 4.29. The van der Waals surface area contributed by atoms with Gasteiger partial charge >= 0.3 is 0 Å². The molecule has 3 nitrogen and oxygen atoms in total. The molecule has 0 aromatic carbocycles. The van der Waals surface area contributed by atoms with Crippen molar-refractivity contribution >= 4 is 5.78 Å². The molecule has 0 radical (unpaired) electrons. The Morgan fingerprint density at radius 3 is 2.64 bits per heavy atom. The summed E-state index contributed by atoms with van der Waals surface area (Å²) in [5.41, 5.74) is 2.18. The average Bonchev–Trinajstić information content (AvgIpc) is 3.00. The molecule has 0 amide bonds. The fourth-order valence-electron chi connectivity index (χ4n) is 4.32. The average molecular weight is 298 g/mol. The van der Waals surface area contributed by atoms with E-state index in [1.165, 1.54) is 5.57 Å². The normalized spacial score (nSPS) is 32.6. The molecule has 0 spiro atoms. The molecule has 0 bridgehead atoms. The fraction of sp³-hybridized carbons (Fsp3) is 0.526. The smallest absolute Gasteiger partial charge is 0.163 e. The monoisotopic (exact) mass is 298 g/mol. The third-order valence-corrected chi connectivity index (χ3v) is 5.19.